The predicted octanol–water partition coefficient (Wildman–Crippen LogP) is 6.39. The second-order valence-corrected chi connectivity index (χ2v) is 7.44. The van der Waals surface area contributed by atoms with Crippen molar-refractivity contribution < 1.29 is 0 Å². The van der Waals surface area contributed by atoms with E-state index < -0.39 is 0 Å². The van der Waals surface area contributed by atoms with Crippen LogP contribution in [0, 0.1) is 0 Å². The summed E-state index contributed by atoms with van der Waals surface area (Å²) < 4.78 is 0. The molecule has 0 radical (unpaired) electrons. The summed E-state index contributed by atoms with van der Waals surface area (Å²) in [5.41, 5.74) is 2.56. The zero-order chi connectivity index (χ0) is 19.5. The third kappa shape index (κ3) is 3.50. The van der Waals surface area contributed by atoms with Crippen LogP contribution in [0.15, 0.2) is 109 Å². The number of anilines is 2. The average Bonchev–Trinajstić information content (AvgIpc) is 2.90. The Labute approximate surface area is 172 Å². The van der Waals surface area contributed by atoms with Gasteiger partial charge in [-0.25, -0.2) is 0 Å². The lowest BCUT2D eigenvalue weighted by Gasteiger charge is -2.33. The monoisotopic (exact) mass is 376 g/mol. The highest BCUT2D eigenvalue weighted by atomic mass is 15.3. The smallest absolute Gasteiger partial charge is 0.0909 e. The van der Waals surface area contributed by atoms with Crippen molar-refractivity contribution in [3.63, 3.8) is 0 Å². The molecule has 0 saturated carbocycles. The summed E-state index contributed by atoms with van der Waals surface area (Å²) in [5.74, 6) is 0. The first-order chi connectivity index (χ1) is 14.4. The van der Waals surface area contributed by atoms with Gasteiger partial charge in [-0.1, -0.05) is 97.1 Å². The molecule has 2 heteroatoms. The molecular formula is C27H24N2. The normalized spacial score (nSPS) is 14.8. The Kier molecular flexibility index (Phi) is 4.75. The summed E-state index contributed by atoms with van der Waals surface area (Å²) in [6, 6.07) is 30.5. The molecule has 0 unspecified atom stereocenters. The molecule has 4 aromatic rings. The Hall–Kier alpha value is -3.52. The molecule has 1 aliphatic rings. The van der Waals surface area contributed by atoms with Crippen molar-refractivity contribution in [1.82, 2.24) is 0 Å². The van der Waals surface area contributed by atoms with E-state index in [1.165, 1.54) is 32.9 Å². The fourth-order valence-electron chi connectivity index (χ4n) is 4.17. The molecule has 0 bridgehead atoms. The van der Waals surface area contributed by atoms with Crippen molar-refractivity contribution in [1.29, 1.82) is 0 Å². The number of nitrogens with zero attached hydrogens (tertiary/aromatic N) is 2. The highest BCUT2D eigenvalue weighted by molar-refractivity contribution is 5.96. The largest absolute Gasteiger partial charge is 0.350 e. The Morgan fingerprint density at radius 3 is 1.45 bits per heavy atom. The van der Waals surface area contributed by atoms with E-state index in [2.05, 4.69) is 119 Å². The van der Waals surface area contributed by atoms with Gasteiger partial charge in [0, 0.05) is 35.2 Å². The topological polar surface area (TPSA) is 6.48 Å². The average molecular weight is 377 g/mol. The highest BCUT2D eigenvalue weighted by Crippen LogP contribution is 2.30. The SMILES string of the molecule is C1=CCN(c2cccc3ccccc23)CN(c2cccc3ccccc23)CC=C1. The number of allylic oxidation sites excluding steroid dienone is 2. The van der Waals surface area contributed by atoms with Crippen LogP contribution in [0.3, 0.4) is 0 Å². The van der Waals surface area contributed by atoms with Crippen molar-refractivity contribution >= 4 is 32.9 Å². The Bertz CT molecular complexity index is 1100. The first kappa shape index (κ1) is 17.6. The van der Waals surface area contributed by atoms with Gasteiger partial charge in [0.15, 0.2) is 0 Å². The third-order valence-corrected chi connectivity index (χ3v) is 5.59. The summed E-state index contributed by atoms with van der Waals surface area (Å²) >= 11 is 0. The molecule has 4 aromatic carbocycles. The second-order valence-electron chi connectivity index (χ2n) is 7.44. The fraction of sp³-hybridized carbons (Fsp3) is 0.111. The lowest BCUT2D eigenvalue weighted by atomic mass is 10.1. The van der Waals surface area contributed by atoms with Crippen molar-refractivity contribution in [2.75, 3.05) is 29.6 Å². The molecule has 1 heterocycles. The van der Waals surface area contributed by atoms with Crippen LogP contribution >= 0.6 is 0 Å². The molecule has 0 saturated heterocycles. The maximum absolute atomic E-state index is 2.47. The van der Waals surface area contributed by atoms with Crippen LogP contribution in [0.5, 0.6) is 0 Å². The van der Waals surface area contributed by atoms with E-state index in [0.717, 1.165) is 19.8 Å². The fourth-order valence-corrected chi connectivity index (χ4v) is 4.17. The van der Waals surface area contributed by atoms with E-state index >= 15 is 0 Å². The van der Waals surface area contributed by atoms with Crippen molar-refractivity contribution in [2.45, 2.75) is 0 Å². The molecule has 0 spiro atoms. The summed E-state index contributed by atoms with van der Waals surface area (Å²) in [6.45, 7) is 2.58. The lowest BCUT2D eigenvalue weighted by molar-refractivity contribution is 0.797. The van der Waals surface area contributed by atoms with Crippen LogP contribution in [0.4, 0.5) is 11.4 Å². The quantitative estimate of drug-likeness (QED) is 0.400. The van der Waals surface area contributed by atoms with Gasteiger partial charge in [0.2, 0.25) is 0 Å². The van der Waals surface area contributed by atoms with Crippen molar-refractivity contribution in [3.05, 3.63) is 109 Å². The number of benzene rings is 4. The van der Waals surface area contributed by atoms with Gasteiger partial charge in [-0.3, -0.25) is 0 Å². The predicted molar refractivity (Wildman–Crippen MR) is 126 cm³/mol. The molecule has 0 aliphatic carbocycles. The number of fused-ring (bicyclic) bond motifs is 2. The maximum atomic E-state index is 2.47. The van der Waals surface area contributed by atoms with Crippen LogP contribution in [-0.4, -0.2) is 19.8 Å². The lowest BCUT2D eigenvalue weighted by Crippen LogP contribution is -2.38. The molecule has 0 amide bonds. The maximum Gasteiger partial charge on any atom is 0.0909 e. The molecular weight excluding hydrogens is 352 g/mol. The molecule has 0 atom stereocenters. The Balaban J connectivity index is 1.59. The van der Waals surface area contributed by atoms with E-state index in [1.807, 2.05) is 0 Å². The first-order valence-electron chi connectivity index (χ1n) is 10.2. The molecule has 0 fully saturated rings. The van der Waals surface area contributed by atoms with Crippen LogP contribution in [0.2, 0.25) is 0 Å². The van der Waals surface area contributed by atoms with Gasteiger partial charge < -0.3 is 9.80 Å². The zero-order valence-corrected chi connectivity index (χ0v) is 16.4. The summed E-state index contributed by atoms with van der Waals surface area (Å²) in [7, 11) is 0. The Morgan fingerprint density at radius 1 is 0.483 bits per heavy atom. The Morgan fingerprint density at radius 2 is 0.931 bits per heavy atom. The van der Waals surface area contributed by atoms with Gasteiger partial charge in [-0.15, -0.1) is 0 Å². The number of hydrogen-bond donors (Lipinski definition) is 0. The van der Waals surface area contributed by atoms with Gasteiger partial charge in [-0.05, 0) is 22.9 Å². The first-order valence-corrected chi connectivity index (χ1v) is 10.2. The van der Waals surface area contributed by atoms with Gasteiger partial charge in [0.25, 0.3) is 0 Å². The van der Waals surface area contributed by atoms with Crippen LogP contribution in [0.1, 0.15) is 0 Å². The summed E-state index contributed by atoms with van der Waals surface area (Å²) in [5, 5.41) is 5.16. The van der Waals surface area contributed by atoms with Gasteiger partial charge in [-0.2, -0.15) is 0 Å². The number of rotatable bonds is 2. The minimum Gasteiger partial charge on any atom is -0.350 e. The van der Waals surface area contributed by atoms with E-state index in [-0.39, 0.29) is 0 Å². The summed E-state index contributed by atoms with van der Waals surface area (Å²) in [4.78, 5) is 4.93. The zero-order valence-electron chi connectivity index (χ0n) is 16.4. The van der Waals surface area contributed by atoms with Crippen LogP contribution in [-0.2, 0) is 0 Å². The molecule has 29 heavy (non-hydrogen) atoms. The van der Waals surface area contributed by atoms with E-state index in [0.29, 0.717) is 0 Å². The molecule has 0 N–H and O–H groups in total. The summed E-state index contributed by atoms with van der Waals surface area (Å²) in [6.07, 6.45) is 8.80. The van der Waals surface area contributed by atoms with Gasteiger partial charge >= 0.3 is 0 Å². The minimum absolute atomic E-state index is 0.830. The molecule has 142 valence electrons. The van der Waals surface area contributed by atoms with Gasteiger partial charge in [0.05, 0.1) is 6.67 Å². The highest BCUT2D eigenvalue weighted by Gasteiger charge is 2.16. The van der Waals surface area contributed by atoms with Gasteiger partial charge in [0.1, 0.15) is 0 Å². The molecule has 5 rings (SSSR count). The molecule has 1 aliphatic heterocycles. The molecule has 0 aromatic heterocycles. The third-order valence-electron chi connectivity index (χ3n) is 5.59. The van der Waals surface area contributed by atoms with Crippen LogP contribution in [0.25, 0.3) is 21.5 Å². The van der Waals surface area contributed by atoms with Crippen LogP contribution < -0.4 is 9.80 Å². The number of hydrogen-bond acceptors (Lipinski definition) is 2. The van der Waals surface area contributed by atoms with E-state index in [9.17, 15) is 0 Å². The van der Waals surface area contributed by atoms with Crippen molar-refractivity contribution in [2.24, 2.45) is 0 Å². The second kappa shape index (κ2) is 7.84. The standard InChI is InChI=1S/C27H24N2/c1-2-8-20-29(27-18-10-14-23-12-4-6-16-25(23)27)21-28(19-7-1)26-17-9-13-22-11-3-5-15-24(22)26/h1-18H,19-21H2. The molecule has 2 nitrogen and oxygen atoms in total. The minimum atomic E-state index is 0.830. The van der Waals surface area contributed by atoms with E-state index in [1.54, 1.807) is 0 Å². The van der Waals surface area contributed by atoms with E-state index in [4.69, 9.17) is 0 Å². The van der Waals surface area contributed by atoms with Crippen molar-refractivity contribution in [3.8, 4) is 0 Å².